The number of rotatable bonds is 8. The Hall–Kier alpha value is -3.56. The molecule has 0 fully saturated rings. The Balaban J connectivity index is 1.58. The van der Waals surface area contributed by atoms with Crippen LogP contribution >= 0.6 is 0 Å². The number of aromatic nitrogens is 3. The van der Waals surface area contributed by atoms with Crippen LogP contribution in [0.15, 0.2) is 42.5 Å². The molecule has 1 heterocycles. The number of hydrogen-bond donors (Lipinski definition) is 2. The van der Waals surface area contributed by atoms with Gasteiger partial charge in [-0.1, -0.05) is 18.2 Å². The van der Waals surface area contributed by atoms with Gasteiger partial charge in [0.05, 0.1) is 7.11 Å². The van der Waals surface area contributed by atoms with Gasteiger partial charge >= 0.3 is 6.18 Å². The first-order valence-electron chi connectivity index (χ1n) is 9.39. The maximum atomic E-state index is 12.3. The number of anilines is 1. The first-order valence-corrected chi connectivity index (χ1v) is 9.39. The summed E-state index contributed by atoms with van der Waals surface area (Å²) < 4.78 is 46.9. The Labute approximate surface area is 176 Å². The SMILES string of the molecule is COc1cc(CCC(=O)Nc2cccc(-c3n[nH]c(C)n3)c2)ccc1OCC(F)(F)F. The van der Waals surface area contributed by atoms with Gasteiger partial charge in [0.25, 0.3) is 0 Å². The third-order valence-corrected chi connectivity index (χ3v) is 4.26. The minimum absolute atomic E-state index is 0.00736. The van der Waals surface area contributed by atoms with Gasteiger partial charge in [-0.05, 0) is 43.2 Å². The van der Waals surface area contributed by atoms with E-state index in [0.717, 1.165) is 11.1 Å². The smallest absolute Gasteiger partial charge is 0.422 e. The predicted octanol–water partition coefficient (Wildman–Crippen LogP) is 4.30. The number of methoxy groups -OCH3 is 1. The van der Waals surface area contributed by atoms with E-state index in [0.29, 0.717) is 23.8 Å². The van der Waals surface area contributed by atoms with Crippen LogP contribution in [0.4, 0.5) is 18.9 Å². The maximum absolute atomic E-state index is 12.3. The van der Waals surface area contributed by atoms with Crippen molar-refractivity contribution in [1.82, 2.24) is 15.2 Å². The van der Waals surface area contributed by atoms with Crippen LogP contribution in [0.25, 0.3) is 11.4 Å². The Morgan fingerprint density at radius 1 is 1.16 bits per heavy atom. The third kappa shape index (κ3) is 6.46. The molecule has 31 heavy (non-hydrogen) atoms. The van der Waals surface area contributed by atoms with Gasteiger partial charge in [0, 0.05) is 17.7 Å². The lowest BCUT2D eigenvalue weighted by atomic mass is 10.1. The minimum atomic E-state index is -4.44. The molecule has 0 aliphatic rings. The number of halogens is 3. The van der Waals surface area contributed by atoms with Gasteiger partial charge in [-0.25, -0.2) is 4.98 Å². The average molecular weight is 434 g/mol. The monoisotopic (exact) mass is 434 g/mol. The summed E-state index contributed by atoms with van der Waals surface area (Å²) >= 11 is 0. The zero-order valence-corrected chi connectivity index (χ0v) is 16.9. The van der Waals surface area contributed by atoms with Crippen molar-refractivity contribution in [3.8, 4) is 22.9 Å². The van der Waals surface area contributed by atoms with Crippen LogP contribution in [0, 0.1) is 6.92 Å². The van der Waals surface area contributed by atoms with E-state index in [1.165, 1.54) is 13.2 Å². The zero-order valence-electron chi connectivity index (χ0n) is 16.9. The summed E-state index contributed by atoms with van der Waals surface area (Å²) in [5.41, 5.74) is 2.11. The lowest BCUT2D eigenvalue weighted by Crippen LogP contribution is -2.19. The molecule has 0 saturated carbocycles. The molecule has 1 amide bonds. The molecule has 0 radical (unpaired) electrons. The van der Waals surface area contributed by atoms with Crippen molar-refractivity contribution >= 4 is 11.6 Å². The van der Waals surface area contributed by atoms with Gasteiger partial charge in [-0.2, -0.15) is 18.3 Å². The summed E-state index contributed by atoms with van der Waals surface area (Å²) in [4.78, 5) is 16.6. The number of aromatic amines is 1. The quantitative estimate of drug-likeness (QED) is 0.552. The van der Waals surface area contributed by atoms with Crippen LogP contribution < -0.4 is 14.8 Å². The summed E-state index contributed by atoms with van der Waals surface area (Å²) in [5, 5.41) is 9.69. The van der Waals surface area contributed by atoms with Crippen molar-refractivity contribution in [3.63, 3.8) is 0 Å². The van der Waals surface area contributed by atoms with Gasteiger partial charge in [-0.15, -0.1) is 0 Å². The maximum Gasteiger partial charge on any atom is 0.422 e. The van der Waals surface area contributed by atoms with E-state index in [9.17, 15) is 18.0 Å². The highest BCUT2D eigenvalue weighted by Gasteiger charge is 2.29. The molecule has 0 unspecified atom stereocenters. The van der Waals surface area contributed by atoms with Crippen LogP contribution in [0.3, 0.4) is 0 Å². The van der Waals surface area contributed by atoms with Crippen molar-refractivity contribution in [2.75, 3.05) is 19.0 Å². The lowest BCUT2D eigenvalue weighted by molar-refractivity contribution is -0.153. The first-order chi connectivity index (χ1) is 14.7. The molecule has 3 aromatic rings. The fourth-order valence-electron chi connectivity index (χ4n) is 2.84. The van der Waals surface area contributed by atoms with Crippen molar-refractivity contribution in [3.05, 3.63) is 53.9 Å². The standard InChI is InChI=1S/C21H21F3N4O3/c1-13-25-20(28-27-13)15-4-3-5-16(11-15)26-19(29)9-7-14-6-8-17(18(10-14)30-2)31-12-21(22,23)24/h3-6,8,10-11H,7,9,12H2,1-2H3,(H,26,29)(H,25,27,28). The number of nitrogens with zero attached hydrogens (tertiary/aromatic N) is 2. The molecule has 0 saturated heterocycles. The second-order valence-electron chi connectivity index (χ2n) is 6.76. The van der Waals surface area contributed by atoms with E-state index in [1.54, 1.807) is 37.3 Å². The van der Waals surface area contributed by atoms with Gasteiger partial charge in [-0.3, -0.25) is 9.89 Å². The minimum Gasteiger partial charge on any atom is -0.493 e. The van der Waals surface area contributed by atoms with Gasteiger partial charge in [0.2, 0.25) is 5.91 Å². The summed E-state index contributed by atoms with van der Waals surface area (Å²) in [5.74, 6) is 1.19. The molecule has 0 bridgehead atoms. The molecule has 0 aliphatic carbocycles. The van der Waals surface area contributed by atoms with E-state index >= 15 is 0 Å². The number of carbonyl (C=O) groups excluding carboxylic acids is 1. The summed E-state index contributed by atoms with van der Waals surface area (Å²) in [6, 6.07) is 11.7. The van der Waals surface area contributed by atoms with Crippen LogP contribution in [0.5, 0.6) is 11.5 Å². The van der Waals surface area contributed by atoms with Crippen LogP contribution in [-0.2, 0) is 11.2 Å². The molecular weight excluding hydrogens is 413 g/mol. The number of H-pyrrole nitrogens is 1. The Morgan fingerprint density at radius 3 is 2.65 bits per heavy atom. The average Bonchev–Trinajstić information content (AvgIpc) is 3.17. The first kappa shape index (κ1) is 22.1. The molecule has 164 valence electrons. The van der Waals surface area contributed by atoms with Gasteiger partial charge in [0.1, 0.15) is 5.82 Å². The highest BCUT2D eigenvalue weighted by molar-refractivity contribution is 5.91. The Kier molecular flexibility index (Phi) is 6.78. The summed E-state index contributed by atoms with van der Waals surface area (Å²) in [6.45, 7) is 0.393. The molecule has 0 aliphatic heterocycles. The van der Waals surface area contributed by atoms with E-state index < -0.39 is 12.8 Å². The van der Waals surface area contributed by atoms with Crippen molar-refractivity contribution in [2.45, 2.75) is 25.9 Å². The van der Waals surface area contributed by atoms with Gasteiger partial charge in [0.15, 0.2) is 23.9 Å². The molecule has 10 heteroatoms. The Morgan fingerprint density at radius 2 is 1.97 bits per heavy atom. The highest BCUT2D eigenvalue weighted by Crippen LogP contribution is 2.30. The molecule has 2 aromatic carbocycles. The van der Waals surface area contributed by atoms with E-state index in [2.05, 4.69) is 20.5 Å². The largest absolute Gasteiger partial charge is 0.493 e. The second-order valence-corrected chi connectivity index (χ2v) is 6.76. The van der Waals surface area contributed by atoms with Gasteiger partial charge < -0.3 is 14.8 Å². The lowest BCUT2D eigenvalue weighted by Gasteiger charge is -2.13. The number of carbonyl (C=O) groups is 1. The molecule has 2 N–H and O–H groups in total. The van der Waals surface area contributed by atoms with Crippen LogP contribution in [-0.4, -0.2) is 41.0 Å². The molecule has 1 aromatic heterocycles. The second kappa shape index (κ2) is 9.50. The number of amides is 1. The van der Waals surface area contributed by atoms with Crippen molar-refractivity contribution in [2.24, 2.45) is 0 Å². The molecule has 0 spiro atoms. The molecule has 0 atom stereocenters. The number of ether oxygens (including phenoxy) is 2. The van der Waals surface area contributed by atoms with Crippen LogP contribution in [0.1, 0.15) is 17.8 Å². The molecular formula is C21H21F3N4O3. The number of nitrogens with one attached hydrogen (secondary N) is 2. The van der Waals surface area contributed by atoms with E-state index in [-0.39, 0.29) is 23.8 Å². The van der Waals surface area contributed by atoms with Crippen molar-refractivity contribution < 1.29 is 27.4 Å². The normalized spacial score (nSPS) is 11.3. The third-order valence-electron chi connectivity index (χ3n) is 4.26. The zero-order chi connectivity index (χ0) is 22.4. The molecule has 7 nitrogen and oxygen atoms in total. The number of hydrogen-bond acceptors (Lipinski definition) is 5. The van der Waals surface area contributed by atoms with Crippen molar-refractivity contribution in [1.29, 1.82) is 0 Å². The Bertz CT molecular complexity index is 1050. The number of aryl methyl sites for hydroxylation is 2. The summed E-state index contributed by atoms with van der Waals surface area (Å²) in [6.07, 6.45) is -3.89. The highest BCUT2D eigenvalue weighted by atomic mass is 19.4. The topological polar surface area (TPSA) is 89.1 Å². The summed E-state index contributed by atoms with van der Waals surface area (Å²) in [7, 11) is 1.34. The fraction of sp³-hybridized carbons (Fsp3) is 0.286. The van der Waals surface area contributed by atoms with E-state index in [4.69, 9.17) is 9.47 Å². The number of alkyl halides is 3. The molecule has 3 rings (SSSR count). The van der Waals surface area contributed by atoms with Crippen LogP contribution in [0.2, 0.25) is 0 Å². The fourth-order valence-corrected chi connectivity index (χ4v) is 2.84. The predicted molar refractivity (Wildman–Crippen MR) is 108 cm³/mol. The number of benzene rings is 2. The van der Waals surface area contributed by atoms with E-state index in [1.807, 2.05) is 6.07 Å².